The zero-order valence-electron chi connectivity index (χ0n) is 14.5. The zero-order valence-corrected chi connectivity index (χ0v) is 14.5. The highest BCUT2D eigenvalue weighted by Gasteiger charge is 2.29. The van der Waals surface area contributed by atoms with E-state index in [-0.39, 0.29) is 11.7 Å². The minimum absolute atomic E-state index is 0.0244. The maximum Gasteiger partial charge on any atom is 0.413 e. The predicted molar refractivity (Wildman–Crippen MR) is 88.5 cm³/mol. The molecule has 6 nitrogen and oxygen atoms in total. The Kier molecular flexibility index (Phi) is 5.04. The topological polar surface area (TPSA) is 71.5 Å². The lowest BCUT2D eigenvalue weighted by Gasteiger charge is -2.19. The molecular formula is C17H25N3O3. The molecule has 23 heavy (non-hydrogen) atoms. The van der Waals surface area contributed by atoms with Gasteiger partial charge in [-0.2, -0.15) is 0 Å². The number of carbonyl (C=O) groups is 2. The van der Waals surface area contributed by atoms with Crippen molar-refractivity contribution in [2.24, 2.45) is 5.92 Å². The number of pyridine rings is 1. The summed E-state index contributed by atoms with van der Waals surface area (Å²) in [5, 5.41) is 2.66. The average Bonchev–Trinajstić information content (AvgIpc) is 2.64. The number of carbonyl (C=O) groups excluding carboxylic acids is 2. The van der Waals surface area contributed by atoms with Crippen molar-refractivity contribution >= 4 is 17.7 Å². The number of amides is 1. The molecule has 0 radical (unpaired) electrons. The molecule has 0 spiro atoms. The Morgan fingerprint density at radius 3 is 2.70 bits per heavy atom. The number of likely N-dealkylation sites (tertiary alicyclic amines) is 1. The van der Waals surface area contributed by atoms with Gasteiger partial charge in [0.1, 0.15) is 11.4 Å². The summed E-state index contributed by atoms with van der Waals surface area (Å²) in [6.45, 7) is 8.62. The first-order valence-electron chi connectivity index (χ1n) is 7.81. The third-order valence-corrected chi connectivity index (χ3v) is 3.52. The molecule has 1 fully saturated rings. The first-order chi connectivity index (χ1) is 10.6. The number of hydrogen-bond donors (Lipinski definition) is 1. The van der Waals surface area contributed by atoms with E-state index in [1.807, 2.05) is 45.7 Å². The lowest BCUT2D eigenvalue weighted by Crippen LogP contribution is -2.27. The summed E-state index contributed by atoms with van der Waals surface area (Å²) < 4.78 is 5.24. The van der Waals surface area contributed by atoms with Gasteiger partial charge in [-0.3, -0.25) is 15.0 Å². The number of rotatable bonds is 3. The molecule has 6 heteroatoms. The summed E-state index contributed by atoms with van der Waals surface area (Å²) in [5.41, 5.74) is 1.24. The SMILES string of the molecule is Cc1cc(CC2CN(C)CC2=O)nc(NC(=O)OC(C)(C)C)c1. The van der Waals surface area contributed by atoms with Crippen LogP contribution < -0.4 is 5.32 Å². The van der Waals surface area contributed by atoms with Gasteiger partial charge in [0.05, 0.1) is 6.54 Å². The normalized spacial score (nSPS) is 19.0. The molecule has 126 valence electrons. The first kappa shape index (κ1) is 17.4. The van der Waals surface area contributed by atoms with E-state index in [4.69, 9.17) is 4.74 Å². The lowest BCUT2D eigenvalue weighted by molar-refractivity contribution is -0.119. The predicted octanol–water partition coefficient (Wildman–Crippen LogP) is 2.41. The summed E-state index contributed by atoms with van der Waals surface area (Å²) in [6.07, 6.45) is 0.0617. The number of nitrogens with one attached hydrogen (secondary N) is 1. The molecule has 1 atom stereocenters. The number of Topliss-reactive ketones (excluding diaryl/α,β-unsaturated/α-hetero) is 1. The number of anilines is 1. The molecular weight excluding hydrogens is 294 g/mol. The average molecular weight is 319 g/mol. The maximum atomic E-state index is 11.9. The Hall–Kier alpha value is -1.95. The van der Waals surface area contributed by atoms with Crippen molar-refractivity contribution in [2.75, 3.05) is 25.5 Å². The van der Waals surface area contributed by atoms with Crippen LogP contribution in [0.25, 0.3) is 0 Å². The molecule has 0 saturated carbocycles. The van der Waals surface area contributed by atoms with Gasteiger partial charge in [-0.15, -0.1) is 0 Å². The van der Waals surface area contributed by atoms with Crippen LogP contribution in [0, 0.1) is 12.8 Å². The summed E-state index contributed by atoms with van der Waals surface area (Å²) in [7, 11) is 1.94. The minimum Gasteiger partial charge on any atom is -0.444 e. The minimum atomic E-state index is -0.558. The molecule has 1 aromatic heterocycles. The van der Waals surface area contributed by atoms with Gasteiger partial charge in [0.15, 0.2) is 5.78 Å². The molecule has 2 rings (SSSR count). The van der Waals surface area contributed by atoms with Crippen molar-refractivity contribution in [3.05, 3.63) is 23.4 Å². The van der Waals surface area contributed by atoms with Gasteiger partial charge in [0, 0.05) is 24.6 Å². The quantitative estimate of drug-likeness (QED) is 0.926. The van der Waals surface area contributed by atoms with Crippen LogP contribution in [0.4, 0.5) is 10.6 Å². The van der Waals surface area contributed by atoms with E-state index in [0.29, 0.717) is 18.8 Å². The third kappa shape index (κ3) is 5.32. The van der Waals surface area contributed by atoms with Gasteiger partial charge in [-0.05, 0) is 52.4 Å². The van der Waals surface area contributed by atoms with Crippen molar-refractivity contribution in [1.82, 2.24) is 9.88 Å². The van der Waals surface area contributed by atoms with Gasteiger partial charge >= 0.3 is 6.09 Å². The molecule has 2 heterocycles. The fourth-order valence-electron chi connectivity index (χ4n) is 2.68. The summed E-state index contributed by atoms with van der Waals surface area (Å²) in [6, 6.07) is 3.74. The van der Waals surface area contributed by atoms with Crippen LogP contribution >= 0.6 is 0 Å². The van der Waals surface area contributed by atoms with Crippen molar-refractivity contribution in [1.29, 1.82) is 0 Å². The molecule has 1 saturated heterocycles. The number of ether oxygens (including phenoxy) is 1. The summed E-state index contributed by atoms with van der Waals surface area (Å²) >= 11 is 0. The van der Waals surface area contributed by atoms with E-state index in [1.165, 1.54) is 0 Å². The Labute approximate surface area is 137 Å². The van der Waals surface area contributed by atoms with Crippen molar-refractivity contribution in [3.8, 4) is 0 Å². The highest BCUT2D eigenvalue weighted by atomic mass is 16.6. The fraction of sp³-hybridized carbons (Fsp3) is 0.588. The van der Waals surface area contributed by atoms with Crippen molar-refractivity contribution in [3.63, 3.8) is 0 Å². The van der Waals surface area contributed by atoms with Crippen molar-refractivity contribution < 1.29 is 14.3 Å². The van der Waals surface area contributed by atoms with Crippen LogP contribution in [0.15, 0.2) is 12.1 Å². The van der Waals surface area contributed by atoms with Crippen LogP contribution in [0.5, 0.6) is 0 Å². The third-order valence-electron chi connectivity index (χ3n) is 3.52. The number of aromatic nitrogens is 1. The largest absolute Gasteiger partial charge is 0.444 e. The number of hydrogen-bond acceptors (Lipinski definition) is 5. The Morgan fingerprint density at radius 1 is 1.43 bits per heavy atom. The molecule has 0 aliphatic carbocycles. The number of ketones is 1. The second kappa shape index (κ2) is 6.66. The van der Waals surface area contributed by atoms with Crippen LogP contribution in [-0.4, -0.2) is 47.5 Å². The molecule has 1 unspecified atom stereocenters. The highest BCUT2D eigenvalue weighted by molar-refractivity contribution is 5.85. The number of aryl methyl sites for hydroxylation is 1. The first-order valence-corrected chi connectivity index (χ1v) is 7.81. The van der Waals surface area contributed by atoms with Crippen LogP contribution in [0.2, 0.25) is 0 Å². The van der Waals surface area contributed by atoms with Crippen LogP contribution in [0.3, 0.4) is 0 Å². The van der Waals surface area contributed by atoms with Gasteiger partial charge in [0.2, 0.25) is 0 Å². The molecule has 1 amide bonds. The maximum absolute atomic E-state index is 11.9. The van der Waals surface area contributed by atoms with Crippen LogP contribution in [0.1, 0.15) is 32.0 Å². The second-order valence-corrected chi connectivity index (χ2v) is 7.21. The molecule has 1 aliphatic rings. The molecule has 1 aromatic rings. The summed E-state index contributed by atoms with van der Waals surface area (Å²) in [5.74, 6) is 0.675. The van der Waals surface area contributed by atoms with E-state index >= 15 is 0 Å². The van der Waals surface area contributed by atoms with E-state index in [1.54, 1.807) is 6.07 Å². The van der Waals surface area contributed by atoms with Crippen molar-refractivity contribution in [2.45, 2.75) is 39.7 Å². The number of likely N-dealkylation sites (N-methyl/N-ethyl adjacent to an activating group) is 1. The van der Waals surface area contributed by atoms with E-state index in [9.17, 15) is 9.59 Å². The Balaban J connectivity index is 2.07. The van der Waals surface area contributed by atoms with Gasteiger partial charge < -0.3 is 4.74 Å². The van der Waals surface area contributed by atoms with E-state index in [0.717, 1.165) is 17.8 Å². The van der Waals surface area contributed by atoms with Gasteiger partial charge in [0.25, 0.3) is 0 Å². The number of nitrogens with zero attached hydrogens (tertiary/aromatic N) is 2. The Bertz CT molecular complexity index is 608. The fourth-order valence-corrected chi connectivity index (χ4v) is 2.68. The monoisotopic (exact) mass is 319 g/mol. The second-order valence-electron chi connectivity index (χ2n) is 7.21. The summed E-state index contributed by atoms with van der Waals surface area (Å²) in [4.78, 5) is 30.3. The molecule has 1 N–H and O–H groups in total. The Morgan fingerprint density at radius 2 is 2.13 bits per heavy atom. The smallest absolute Gasteiger partial charge is 0.413 e. The lowest BCUT2D eigenvalue weighted by atomic mass is 10.0. The van der Waals surface area contributed by atoms with Crippen LogP contribution in [-0.2, 0) is 16.0 Å². The molecule has 0 aromatic carbocycles. The van der Waals surface area contributed by atoms with E-state index < -0.39 is 11.7 Å². The zero-order chi connectivity index (χ0) is 17.2. The van der Waals surface area contributed by atoms with E-state index in [2.05, 4.69) is 10.3 Å². The highest BCUT2D eigenvalue weighted by Crippen LogP contribution is 2.19. The molecule has 1 aliphatic heterocycles. The standard InChI is InChI=1S/C17H25N3O3/c1-11-6-13(8-12-9-20(5)10-14(12)21)18-15(7-11)19-16(22)23-17(2,3)4/h6-7,12H,8-10H2,1-5H3,(H,18,19,22). The van der Waals surface area contributed by atoms with Gasteiger partial charge in [-0.25, -0.2) is 9.78 Å². The molecule has 0 bridgehead atoms. The van der Waals surface area contributed by atoms with Gasteiger partial charge in [-0.1, -0.05) is 0 Å².